The van der Waals surface area contributed by atoms with Gasteiger partial charge in [0.05, 0.1) is 29.0 Å². The fraction of sp³-hybridized carbons (Fsp3) is 0.455. The molecule has 3 nitrogen and oxygen atoms in total. The van der Waals surface area contributed by atoms with Gasteiger partial charge < -0.3 is 15.2 Å². The lowest BCUT2D eigenvalue weighted by Crippen LogP contribution is -2.24. The first-order valence-corrected chi connectivity index (χ1v) is 5.50. The second-order valence-electron chi connectivity index (χ2n) is 3.68. The molecular formula is C11H13ClF3NO2. The van der Waals surface area contributed by atoms with Crippen LogP contribution in [-0.4, -0.2) is 31.5 Å². The van der Waals surface area contributed by atoms with Crippen LogP contribution in [0, 0.1) is 0 Å². The quantitative estimate of drug-likeness (QED) is 0.873. The van der Waals surface area contributed by atoms with Crippen LogP contribution in [-0.2, 0) is 10.9 Å². The Morgan fingerprint density at radius 2 is 2.11 bits per heavy atom. The molecule has 102 valence electrons. The number of nitrogens with one attached hydrogen (secondary N) is 1. The molecule has 0 radical (unpaired) electrons. The van der Waals surface area contributed by atoms with Gasteiger partial charge in [-0.2, -0.15) is 13.2 Å². The van der Waals surface area contributed by atoms with Crippen molar-refractivity contribution in [1.82, 2.24) is 0 Å². The van der Waals surface area contributed by atoms with Gasteiger partial charge in [-0.25, -0.2) is 0 Å². The number of anilines is 1. The van der Waals surface area contributed by atoms with Crippen molar-refractivity contribution in [3.63, 3.8) is 0 Å². The third-order valence-corrected chi connectivity index (χ3v) is 2.50. The molecule has 1 atom stereocenters. The van der Waals surface area contributed by atoms with Gasteiger partial charge in [-0.1, -0.05) is 11.6 Å². The van der Waals surface area contributed by atoms with Gasteiger partial charge in [0.1, 0.15) is 0 Å². The Balaban J connectivity index is 2.69. The van der Waals surface area contributed by atoms with Crippen LogP contribution in [0.2, 0.25) is 5.02 Å². The average molecular weight is 284 g/mol. The van der Waals surface area contributed by atoms with Gasteiger partial charge in [0.15, 0.2) is 0 Å². The Morgan fingerprint density at radius 1 is 1.44 bits per heavy atom. The molecule has 0 spiro atoms. The van der Waals surface area contributed by atoms with Crippen LogP contribution in [0.25, 0.3) is 0 Å². The SMILES string of the molecule is COCC(O)CNc1ccc(C(F)(F)F)cc1Cl. The number of hydrogen-bond acceptors (Lipinski definition) is 3. The molecular weight excluding hydrogens is 271 g/mol. The lowest BCUT2D eigenvalue weighted by Gasteiger charge is -2.14. The summed E-state index contributed by atoms with van der Waals surface area (Å²) >= 11 is 5.72. The predicted molar refractivity (Wildman–Crippen MR) is 62.8 cm³/mol. The fourth-order valence-electron chi connectivity index (χ4n) is 1.31. The normalized spacial score (nSPS) is 13.4. The van der Waals surface area contributed by atoms with E-state index in [1.165, 1.54) is 13.2 Å². The average Bonchev–Trinajstić information content (AvgIpc) is 2.26. The van der Waals surface area contributed by atoms with E-state index in [0.717, 1.165) is 12.1 Å². The molecule has 0 aliphatic rings. The molecule has 0 aromatic heterocycles. The van der Waals surface area contributed by atoms with Crippen LogP contribution in [0.4, 0.5) is 18.9 Å². The van der Waals surface area contributed by atoms with E-state index in [1.54, 1.807) is 0 Å². The smallest absolute Gasteiger partial charge is 0.389 e. The second kappa shape index (κ2) is 6.26. The summed E-state index contributed by atoms with van der Waals surface area (Å²) in [6.45, 7) is 0.268. The van der Waals surface area contributed by atoms with E-state index in [9.17, 15) is 18.3 Å². The summed E-state index contributed by atoms with van der Waals surface area (Å²) in [5.41, 5.74) is -0.477. The topological polar surface area (TPSA) is 41.5 Å². The Bertz CT molecular complexity index is 398. The number of aliphatic hydroxyl groups is 1. The van der Waals surface area contributed by atoms with E-state index in [4.69, 9.17) is 16.3 Å². The summed E-state index contributed by atoms with van der Waals surface area (Å²) in [6, 6.07) is 2.99. The highest BCUT2D eigenvalue weighted by Crippen LogP contribution is 2.33. The predicted octanol–water partition coefficient (Wildman–Crippen LogP) is 2.78. The Hall–Kier alpha value is -0.980. The molecule has 18 heavy (non-hydrogen) atoms. The van der Waals surface area contributed by atoms with E-state index in [0.29, 0.717) is 5.69 Å². The van der Waals surface area contributed by atoms with Gasteiger partial charge >= 0.3 is 6.18 Å². The molecule has 7 heteroatoms. The summed E-state index contributed by atoms with van der Waals surface area (Å²) < 4.78 is 41.8. The van der Waals surface area contributed by atoms with E-state index in [2.05, 4.69) is 5.32 Å². The molecule has 0 aliphatic carbocycles. The third-order valence-electron chi connectivity index (χ3n) is 2.18. The van der Waals surface area contributed by atoms with Gasteiger partial charge in [0, 0.05) is 13.7 Å². The highest BCUT2D eigenvalue weighted by Gasteiger charge is 2.30. The number of alkyl halides is 3. The van der Waals surface area contributed by atoms with E-state index < -0.39 is 17.8 Å². The fourth-order valence-corrected chi connectivity index (χ4v) is 1.56. The number of methoxy groups -OCH3 is 1. The summed E-state index contributed by atoms with van der Waals surface area (Å²) in [5, 5.41) is 12.1. The number of rotatable bonds is 5. The van der Waals surface area contributed by atoms with Crippen LogP contribution in [0.5, 0.6) is 0 Å². The molecule has 1 rings (SSSR count). The van der Waals surface area contributed by atoms with E-state index >= 15 is 0 Å². The number of ether oxygens (including phenoxy) is 1. The van der Waals surface area contributed by atoms with Crippen LogP contribution >= 0.6 is 11.6 Å². The van der Waals surface area contributed by atoms with Crippen LogP contribution < -0.4 is 5.32 Å². The van der Waals surface area contributed by atoms with Crippen molar-refractivity contribution in [2.75, 3.05) is 25.6 Å². The molecule has 0 bridgehead atoms. The minimum atomic E-state index is -4.42. The highest BCUT2D eigenvalue weighted by molar-refractivity contribution is 6.33. The molecule has 1 aromatic carbocycles. The Morgan fingerprint density at radius 3 is 2.61 bits per heavy atom. The summed E-state index contributed by atoms with van der Waals surface area (Å²) in [7, 11) is 1.44. The third kappa shape index (κ3) is 4.36. The standard InChI is InChI=1S/C11H13ClF3NO2/c1-18-6-8(17)5-16-10-3-2-7(4-9(10)12)11(13,14)15/h2-4,8,16-17H,5-6H2,1H3. The number of aliphatic hydroxyl groups excluding tert-OH is 1. The maximum atomic E-state index is 12.4. The Kier molecular flexibility index (Phi) is 5.25. The number of benzene rings is 1. The molecule has 0 amide bonds. The lowest BCUT2D eigenvalue weighted by molar-refractivity contribution is -0.137. The van der Waals surface area contributed by atoms with E-state index in [-0.39, 0.29) is 18.2 Å². The van der Waals surface area contributed by atoms with Gasteiger partial charge in [0.25, 0.3) is 0 Å². The van der Waals surface area contributed by atoms with Crippen molar-refractivity contribution in [1.29, 1.82) is 0 Å². The van der Waals surface area contributed by atoms with E-state index in [1.807, 2.05) is 0 Å². The summed E-state index contributed by atoms with van der Waals surface area (Å²) in [5.74, 6) is 0. The van der Waals surface area contributed by atoms with Crippen LogP contribution in [0.1, 0.15) is 5.56 Å². The largest absolute Gasteiger partial charge is 0.416 e. The summed E-state index contributed by atoms with van der Waals surface area (Å²) in [4.78, 5) is 0. The molecule has 1 aromatic rings. The lowest BCUT2D eigenvalue weighted by atomic mass is 10.2. The number of halogens is 4. The highest BCUT2D eigenvalue weighted by atomic mass is 35.5. The molecule has 0 aliphatic heterocycles. The van der Waals surface area contributed by atoms with Crippen molar-refractivity contribution in [3.8, 4) is 0 Å². The first-order valence-electron chi connectivity index (χ1n) is 5.12. The van der Waals surface area contributed by atoms with Crippen molar-refractivity contribution in [3.05, 3.63) is 28.8 Å². The maximum Gasteiger partial charge on any atom is 0.416 e. The molecule has 2 N–H and O–H groups in total. The zero-order valence-corrected chi connectivity index (χ0v) is 10.3. The van der Waals surface area contributed by atoms with Gasteiger partial charge in [0.2, 0.25) is 0 Å². The van der Waals surface area contributed by atoms with Gasteiger partial charge in [-0.05, 0) is 18.2 Å². The zero-order chi connectivity index (χ0) is 13.8. The van der Waals surface area contributed by atoms with Crippen molar-refractivity contribution in [2.24, 2.45) is 0 Å². The minimum Gasteiger partial charge on any atom is -0.389 e. The maximum absolute atomic E-state index is 12.4. The number of hydrogen-bond donors (Lipinski definition) is 2. The van der Waals surface area contributed by atoms with Crippen LogP contribution in [0.15, 0.2) is 18.2 Å². The van der Waals surface area contributed by atoms with Crippen molar-refractivity contribution >= 4 is 17.3 Å². The van der Waals surface area contributed by atoms with Crippen molar-refractivity contribution < 1.29 is 23.0 Å². The minimum absolute atomic E-state index is 0.0468. The van der Waals surface area contributed by atoms with Gasteiger partial charge in [-0.3, -0.25) is 0 Å². The molecule has 0 saturated heterocycles. The molecule has 1 unspecified atom stereocenters. The second-order valence-corrected chi connectivity index (χ2v) is 4.09. The monoisotopic (exact) mass is 283 g/mol. The van der Waals surface area contributed by atoms with Crippen molar-refractivity contribution in [2.45, 2.75) is 12.3 Å². The molecule has 0 saturated carbocycles. The Labute approximate surface area is 108 Å². The molecule has 0 heterocycles. The summed E-state index contributed by atoms with van der Waals surface area (Å²) in [6.07, 6.45) is -5.18. The molecule has 0 fully saturated rings. The zero-order valence-electron chi connectivity index (χ0n) is 9.59. The van der Waals surface area contributed by atoms with Crippen LogP contribution in [0.3, 0.4) is 0 Å². The first kappa shape index (κ1) is 15.1. The first-order chi connectivity index (χ1) is 8.34. The van der Waals surface area contributed by atoms with Gasteiger partial charge in [-0.15, -0.1) is 0 Å².